The van der Waals surface area contributed by atoms with Gasteiger partial charge in [-0.2, -0.15) is 0 Å². The highest BCUT2D eigenvalue weighted by atomic mass is 35.5. The SMILES string of the molecule is O=C1C2C3CCC(C3)C2C(=O)N1c1cccc(Cl)c1. The lowest BCUT2D eigenvalue weighted by Crippen LogP contribution is -2.32. The molecule has 2 aliphatic carbocycles. The second kappa shape index (κ2) is 3.83. The third-order valence-corrected chi connectivity index (χ3v) is 5.23. The van der Waals surface area contributed by atoms with Crippen LogP contribution < -0.4 is 4.90 Å². The number of benzene rings is 1. The minimum atomic E-state index is -0.0646. The lowest BCUT2D eigenvalue weighted by atomic mass is 9.81. The fourth-order valence-corrected chi connectivity index (χ4v) is 4.46. The maximum absolute atomic E-state index is 12.6. The van der Waals surface area contributed by atoms with Crippen LogP contribution in [0.15, 0.2) is 24.3 Å². The lowest BCUT2D eigenvalue weighted by molar-refractivity contribution is -0.123. The van der Waals surface area contributed by atoms with Crippen molar-refractivity contribution < 1.29 is 9.59 Å². The first-order valence-corrected chi connectivity index (χ1v) is 7.18. The van der Waals surface area contributed by atoms with E-state index in [-0.39, 0.29) is 23.7 Å². The van der Waals surface area contributed by atoms with E-state index in [4.69, 9.17) is 11.6 Å². The van der Waals surface area contributed by atoms with Gasteiger partial charge in [0.15, 0.2) is 0 Å². The number of carbonyl (C=O) groups excluding carboxylic acids is 2. The third kappa shape index (κ3) is 1.45. The Morgan fingerprint density at radius 3 is 2.26 bits per heavy atom. The molecule has 3 aliphatic rings. The molecule has 1 saturated heterocycles. The Morgan fingerprint density at radius 1 is 1.05 bits per heavy atom. The van der Waals surface area contributed by atoms with Crippen LogP contribution >= 0.6 is 11.6 Å². The van der Waals surface area contributed by atoms with Crippen molar-refractivity contribution in [3.05, 3.63) is 29.3 Å². The molecule has 4 unspecified atom stereocenters. The summed E-state index contributed by atoms with van der Waals surface area (Å²) in [4.78, 5) is 26.5. The summed E-state index contributed by atoms with van der Waals surface area (Å²) in [5, 5.41) is 0.554. The number of rotatable bonds is 1. The van der Waals surface area contributed by atoms with E-state index in [9.17, 15) is 9.59 Å². The zero-order valence-corrected chi connectivity index (χ0v) is 11.1. The standard InChI is InChI=1S/C15H14ClNO2/c16-10-2-1-3-11(7-10)17-14(18)12-8-4-5-9(6-8)13(12)15(17)19/h1-3,7-9,12-13H,4-6H2. The van der Waals surface area contributed by atoms with Crippen molar-refractivity contribution in [3.63, 3.8) is 0 Å². The highest BCUT2D eigenvalue weighted by molar-refractivity contribution is 6.31. The molecule has 4 heteroatoms. The minimum Gasteiger partial charge on any atom is -0.274 e. The Kier molecular flexibility index (Phi) is 2.31. The molecule has 0 N–H and O–H groups in total. The van der Waals surface area contributed by atoms with Gasteiger partial charge >= 0.3 is 0 Å². The van der Waals surface area contributed by atoms with Crippen LogP contribution in [0.25, 0.3) is 0 Å². The van der Waals surface area contributed by atoms with Crippen molar-refractivity contribution >= 4 is 29.1 Å². The van der Waals surface area contributed by atoms with Crippen molar-refractivity contribution in [2.24, 2.45) is 23.7 Å². The summed E-state index contributed by atoms with van der Waals surface area (Å²) in [7, 11) is 0. The number of carbonyl (C=O) groups is 2. The van der Waals surface area contributed by atoms with Crippen molar-refractivity contribution in [2.75, 3.05) is 4.90 Å². The van der Waals surface area contributed by atoms with Crippen LogP contribution in [0.4, 0.5) is 5.69 Å². The molecule has 2 saturated carbocycles. The average Bonchev–Trinajstić information content (AvgIpc) is 3.04. The predicted octanol–water partition coefficient (Wildman–Crippen LogP) is 2.88. The first kappa shape index (κ1) is 11.5. The normalized spacial score (nSPS) is 36.2. The molecule has 1 aromatic carbocycles. The van der Waals surface area contributed by atoms with Gasteiger partial charge in [-0.1, -0.05) is 17.7 Å². The summed E-state index contributed by atoms with van der Waals surface area (Å²) in [6, 6.07) is 7.01. The van der Waals surface area contributed by atoms with Crippen molar-refractivity contribution in [2.45, 2.75) is 19.3 Å². The molecule has 0 spiro atoms. The molecule has 98 valence electrons. The quantitative estimate of drug-likeness (QED) is 0.739. The summed E-state index contributed by atoms with van der Waals surface area (Å²) in [5.74, 6) is 0.704. The van der Waals surface area contributed by atoms with Gasteiger partial charge in [-0.25, -0.2) is 4.90 Å². The largest absolute Gasteiger partial charge is 0.274 e. The fourth-order valence-electron chi connectivity index (χ4n) is 4.28. The maximum atomic E-state index is 12.6. The highest BCUT2D eigenvalue weighted by Crippen LogP contribution is 2.56. The van der Waals surface area contributed by atoms with Gasteiger partial charge in [-0.15, -0.1) is 0 Å². The summed E-state index contributed by atoms with van der Waals surface area (Å²) in [5.41, 5.74) is 0.622. The molecule has 1 aromatic rings. The Labute approximate surface area is 116 Å². The van der Waals surface area contributed by atoms with Gasteiger partial charge in [-0.3, -0.25) is 9.59 Å². The van der Waals surface area contributed by atoms with E-state index < -0.39 is 0 Å². The van der Waals surface area contributed by atoms with Gasteiger partial charge in [0, 0.05) is 5.02 Å². The first-order chi connectivity index (χ1) is 9.16. The first-order valence-electron chi connectivity index (χ1n) is 6.80. The number of hydrogen-bond donors (Lipinski definition) is 0. The van der Waals surface area contributed by atoms with E-state index in [2.05, 4.69) is 0 Å². The van der Waals surface area contributed by atoms with Crippen molar-refractivity contribution in [1.82, 2.24) is 0 Å². The molecule has 3 nitrogen and oxygen atoms in total. The number of halogens is 1. The second-order valence-electron chi connectivity index (χ2n) is 5.88. The van der Waals surface area contributed by atoms with E-state index >= 15 is 0 Å². The van der Waals surface area contributed by atoms with E-state index in [1.807, 2.05) is 0 Å². The monoisotopic (exact) mass is 275 g/mol. The van der Waals surface area contributed by atoms with Crippen LogP contribution in [-0.2, 0) is 9.59 Å². The van der Waals surface area contributed by atoms with Crippen LogP contribution in [0, 0.1) is 23.7 Å². The van der Waals surface area contributed by atoms with E-state index in [0.29, 0.717) is 22.5 Å². The van der Waals surface area contributed by atoms with Gasteiger partial charge in [0.2, 0.25) is 11.8 Å². The highest BCUT2D eigenvalue weighted by Gasteiger charge is 2.61. The molecule has 0 radical (unpaired) electrons. The molecule has 19 heavy (non-hydrogen) atoms. The summed E-state index contributed by atoms with van der Waals surface area (Å²) in [6.07, 6.45) is 3.28. The Morgan fingerprint density at radius 2 is 1.68 bits per heavy atom. The van der Waals surface area contributed by atoms with E-state index in [1.165, 1.54) is 4.90 Å². The third-order valence-electron chi connectivity index (χ3n) is 4.99. The number of fused-ring (bicyclic) bond motifs is 5. The molecular weight excluding hydrogens is 262 g/mol. The van der Waals surface area contributed by atoms with Crippen LogP contribution in [-0.4, -0.2) is 11.8 Å². The fraction of sp³-hybridized carbons (Fsp3) is 0.467. The summed E-state index contributed by atoms with van der Waals surface area (Å²) < 4.78 is 0. The molecule has 1 heterocycles. The van der Waals surface area contributed by atoms with E-state index in [0.717, 1.165) is 19.3 Å². The Bertz CT molecular complexity index is 557. The zero-order valence-electron chi connectivity index (χ0n) is 10.4. The smallest absolute Gasteiger partial charge is 0.237 e. The molecule has 2 bridgehead atoms. The van der Waals surface area contributed by atoms with Crippen LogP contribution in [0.2, 0.25) is 5.02 Å². The topological polar surface area (TPSA) is 37.4 Å². The lowest BCUT2D eigenvalue weighted by Gasteiger charge is -2.19. The maximum Gasteiger partial charge on any atom is 0.237 e. The molecule has 3 fully saturated rings. The second-order valence-corrected chi connectivity index (χ2v) is 6.31. The average molecular weight is 276 g/mol. The van der Waals surface area contributed by atoms with Crippen molar-refractivity contribution in [1.29, 1.82) is 0 Å². The molecule has 4 atom stereocenters. The summed E-state index contributed by atoms with van der Waals surface area (Å²) in [6.45, 7) is 0. The number of amides is 2. The molecule has 0 aromatic heterocycles. The van der Waals surface area contributed by atoms with Crippen LogP contribution in [0.5, 0.6) is 0 Å². The number of anilines is 1. The summed E-state index contributed by atoms with van der Waals surface area (Å²) >= 11 is 5.96. The minimum absolute atomic E-state index is 0.00975. The van der Waals surface area contributed by atoms with Gasteiger partial charge in [0.1, 0.15) is 0 Å². The predicted molar refractivity (Wildman–Crippen MR) is 71.8 cm³/mol. The van der Waals surface area contributed by atoms with Crippen LogP contribution in [0.1, 0.15) is 19.3 Å². The van der Waals surface area contributed by atoms with Crippen LogP contribution in [0.3, 0.4) is 0 Å². The van der Waals surface area contributed by atoms with E-state index in [1.54, 1.807) is 24.3 Å². The molecule has 4 rings (SSSR count). The Hall–Kier alpha value is -1.35. The van der Waals surface area contributed by atoms with Gasteiger partial charge < -0.3 is 0 Å². The number of nitrogens with zero attached hydrogens (tertiary/aromatic N) is 1. The van der Waals surface area contributed by atoms with Gasteiger partial charge in [-0.05, 0) is 49.3 Å². The molecule has 1 aliphatic heterocycles. The van der Waals surface area contributed by atoms with Crippen molar-refractivity contribution in [3.8, 4) is 0 Å². The Balaban J connectivity index is 1.75. The zero-order chi connectivity index (χ0) is 13.1. The number of imide groups is 1. The number of hydrogen-bond acceptors (Lipinski definition) is 2. The van der Waals surface area contributed by atoms with Gasteiger partial charge in [0.05, 0.1) is 17.5 Å². The molecule has 2 amide bonds. The molecular formula is C15H14ClNO2. The van der Waals surface area contributed by atoms with Gasteiger partial charge in [0.25, 0.3) is 0 Å².